The fourth-order valence-corrected chi connectivity index (χ4v) is 3.54. The molecular weight excluding hydrogens is 408 g/mol. The summed E-state index contributed by atoms with van der Waals surface area (Å²) in [5, 5.41) is 13.8. The molecule has 0 saturated carbocycles. The average molecular weight is 435 g/mol. The number of carbonyl (C=O) groups excluding carboxylic acids is 1. The lowest BCUT2D eigenvalue weighted by Crippen LogP contribution is -2.46. The van der Waals surface area contributed by atoms with Crippen LogP contribution in [0.3, 0.4) is 0 Å². The van der Waals surface area contributed by atoms with Crippen LogP contribution in [0.5, 0.6) is 17.2 Å². The molecule has 2 aromatic rings. The maximum Gasteiger partial charge on any atom is 0.221 e. The van der Waals surface area contributed by atoms with Crippen LogP contribution in [0.2, 0.25) is 5.02 Å². The number of ether oxygens (including phenoxy) is 3. The van der Waals surface area contributed by atoms with E-state index in [1.54, 1.807) is 44.4 Å². The van der Waals surface area contributed by atoms with E-state index in [2.05, 4.69) is 5.32 Å². The number of methoxy groups -OCH3 is 1. The Hall–Kier alpha value is -2.48. The number of hydrogen-bond acceptors (Lipinski definition) is 6. The van der Waals surface area contributed by atoms with E-state index in [9.17, 15) is 9.90 Å². The summed E-state index contributed by atoms with van der Waals surface area (Å²) in [6, 6.07) is 12.4. The summed E-state index contributed by atoms with van der Waals surface area (Å²) >= 11 is 5.93. The van der Waals surface area contributed by atoms with Crippen molar-refractivity contribution in [1.29, 1.82) is 0 Å². The quantitative estimate of drug-likeness (QED) is 0.661. The summed E-state index contributed by atoms with van der Waals surface area (Å²) in [6.07, 6.45) is -0.610. The molecule has 1 saturated heterocycles. The largest absolute Gasteiger partial charge is 0.497 e. The standard InChI is InChI=1S/C22H27ClN2O5/c1-14(26)22(30-21-12-18(28-3)8-9-20(21)24-15(2)27)25-11-10-19(13-25)29-17-6-4-16(23)5-7-17/h4-9,12,14,19,22,26H,10-11,13H2,1-3H3,(H,24,27). The minimum absolute atomic E-state index is 0.0313. The number of nitrogens with zero attached hydrogens (tertiary/aromatic N) is 1. The number of anilines is 1. The Kier molecular flexibility index (Phi) is 7.42. The second-order valence-electron chi connectivity index (χ2n) is 7.27. The number of carbonyl (C=O) groups is 1. The first-order valence-electron chi connectivity index (χ1n) is 9.82. The van der Waals surface area contributed by atoms with Crippen molar-refractivity contribution in [2.24, 2.45) is 0 Å². The second kappa shape index (κ2) is 10.0. The van der Waals surface area contributed by atoms with Crippen molar-refractivity contribution in [2.75, 3.05) is 25.5 Å². The third kappa shape index (κ3) is 5.78. The molecule has 0 aliphatic carbocycles. The van der Waals surface area contributed by atoms with Gasteiger partial charge in [0.05, 0.1) is 12.8 Å². The van der Waals surface area contributed by atoms with Gasteiger partial charge in [-0.2, -0.15) is 0 Å². The van der Waals surface area contributed by atoms with Gasteiger partial charge < -0.3 is 24.6 Å². The van der Waals surface area contributed by atoms with Crippen molar-refractivity contribution in [2.45, 2.75) is 38.7 Å². The van der Waals surface area contributed by atoms with Gasteiger partial charge in [0.25, 0.3) is 0 Å². The molecule has 0 bridgehead atoms. The summed E-state index contributed by atoms with van der Waals surface area (Å²) < 4.78 is 17.5. The van der Waals surface area contributed by atoms with Crippen molar-refractivity contribution in [3.63, 3.8) is 0 Å². The zero-order chi connectivity index (χ0) is 21.7. The van der Waals surface area contributed by atoms with Gasteiger partial charge in [-0.15, -0.1) is 0 Å². The van der Waals surface area contributed by atoms with Gasteiger partial charge >= 0.3 is 0 Å². The highest BCUT2D eigenvalue weighted by Crippen LogP contribution is 2.32. The number of likely N-dealkylation sites (tertiary alicyclic amines) is 1. The van der Waals surface area contributed by atoms with Gasteiger partial charge in [0.15, 0.2) is 6.23 Å². The highest BCUT2D eigenvalue weighted by Gasteiger charge is 2.34. The molecule has 2 aromatic carbocycles. The van der Waals surface area contributed by atoms with E-state index in [0.717, 1.165) is 12.2 Å². The van der Waals surface area contributed by atoms with Gasteiger partial charge in [-0.3, -0.25) is 9.69 Å². The van der Waals surface area contributed by atoms with Gasteiger partial charge in [-0.05, 0) is 49.7 Å². The van der Waals surface area contributed by atoms with Gasteiger partial charge in [0.1, 0.15) is 29.5 Å². The number of rotatable bonds is 8. The molecular formula is C22H27ClN2O5. The monoisotopic (exact) mass is 434 g/mol. The Labute approximate surface area is 181 Å². The Morgan fingerprint density at radius 1 is 1.23 bits per heavy atom. The zero-order valence-corrected chi connectivity index (χ0v) is 18.1. The van der Waals surface area contributed by atoms with Crippen LogP contribution in [0.1, 0.15) is 20.3 Å². The number of benzene rings is 2. The Balaban J connectivity index is 1.72. The summed E-state index contributed by atoms with van der Waals surface area (Å²) in [4.78, 5) is 13.6. The second-order valence-corrected chi connectivity index (χ2v) is 7.71. The van der Waals surface area contributed by atoms with Crippen LogP contribution >= 0.6 is 11.6 Å². The minimum Gasteiger partial charge on any atom is -0.497 e. The molecule has 162 valence electrons. The van der Waals surface area contributed by atoms with Gasteiger partial charge in [0.2, 0.25) is 5.91 Å². The average Bonchev–Trinajstić information content (AvgIpc) is 3.16. The molecule has 1 amide bonds. The van der Waals surface area contributed by atoms with Crippen LogP contribution in [0, 0.1) is 0 Å². The highest BCUT2D eigenvalue weighted by atomic mass is 35.5. The van der Waals surface area contributed by atoms with E-state index >= 15 is 0 Å². The van der Waals surface area contributed by atoms with Crippen LogP contribution < -0.4 is 19.5 Å². The molecule has 1 fully saturated rings. The molecule has 1 heterocycles. The fourth-order valence-electron chi connectivity index (χ4n) is 3.42. The topological polar surface area (TPSA) is 80.3 Å². The first-order valence-corrected chi connectivity index (χ1v) is 10.2. The zero-order valence-electron chi connectivity index (χ0n) is 17.3. The van der Waals surface area contributed by atoms with Gasteiger partial charge in [0, 0.05) is 31.1 Å². The van der Waals surface area contributed by atoms with Crippen LogP contribution in [0.4, 0.5) is 5.69 Å². The first kappa shape index (κ1) is 22.2. The number of aliphatic hydroxyl groups excluding tert-OH is 1. The first-order chi connectivity index (χ1) is 14.4. The normalized spacial score (nSPS) is 18.5. The van der Waals surface area contributed by atoms with Crippen LogP contribution in [-0.4, -0.2) is 54.5 Å². The van der Waals surface area contributed by atoms with Crippen LogP contribution in [-0.2, 0) is 4.79 Å². The van der Waals surface area contributed by atoms with E-state index < -0.39 is 12.3 Å². The molecule has 0 spiro atoms. The predicted octanol–water partition coefficient (Wildman–Crippen LogP) is 3.55. The fraction of sp³-hybridized carbons (Fsp3) is 0.409. The van der Waals surface area contributed by atoms with E-state index in [1.165, 1.54) is 6.92 Å². The summed E-state index contributed by atoms with van der Waals surface area (Å²) in [5.41, 5.74) is 0.516. The number of amides is 1. The molecule has 2 N–H and O–H groups in total. The third-order valence-electron chi connectivity index (χ3n) is 4.81. The maximum atomic E-state index is 11.6. The molecule has 7 nitrogen and oxygen atoms in total. The van der Waals surface area contributed by atoms with Crippen molar-refractivity contribution >= 4 is 23.2 Å². The lowest BCUT2D eigenvalue weighted by molar-refractivity contribution is -0.114. The number of halogens is 1. The van der Waals surface area contributed by atoms with E-state index in [1.807, 2.05) is 17.0 Å². The molecule has 0 radical (unpaired) electrons. The molecule has 0 aromatic heterocycles. The summed E-state index contributed by atoms with van der Waals surface area (Å²) in [6.45, 7) is 4.40. The van der Waals surface area contributed by atoms with E-state index in [-0.39, 0.29) is 12.0 Å². The van der Waals surface area contributed by atoms with Gasteiger partial charge in [-0.1, -0.05) is 11.6 Å². The lowest BCUT2D eigenvalue weighted by Gasteiger charge is -2.31. The predicted molar refractivity (Wildman–Crippen MR) is 115 cm³/mol. The number of hydrogen-bond donors (Lipinski definition) is 2. The molecule has 1 aliphatic heterocycles. The SMILES string of the molecule is COc1ccc(NC(C)=O)c(OC(C(C)O)N2CCC(Oc3ccc(Cl)cc3)C2)c1. The number of nitrogens with one attached hydrogen (secondary N) is 1. The Morgan fingerprint density at radius 2 is 1.93 bits per heavy atom. The summed E-state index contributed by atoms with van der Waals surface area (Å²) in [5.74, 6) is 1.56. The van der Waals surface area contributed by atoms with Crippen LogP contribution in [0.25, 0.3) is 0 Å². The van der Waals surface area contributed by atoms with Gasteiger partial charge in [-0.25, -0.2) is 0 Å². The minimum atomic E-state index is -0.768. The van der Waals surface area contributed by atoms with Crippen LogP contribution in [0.15, 0.2) is 42.5 Å². The molecule has 8 heteroatoms. The molecule has 30 heavy (non-hydrogen) atoms. The lowest BCUT2D eigenvalue weighted by atomic mass is 10.2. The molecule has 3 atom stereocenters. The Bertz CT molecular complexity index is 859. The molecule has 3 rings (SSSR count). The van der Waals surface area contributed by atoms with Crippen molar-refractivity contribution < 1.29 is 24.1 Å². The van der Waals surface area contributed by atoms with Crippen molar-refractivity contribution in [1.82, 2.24) is 4.90 Å². The molecule has 3 unspecified atom stereocenters. The maximum absolute atomic E-state index is 11.6. The van der Waals surface area contributed by atoms with Crippen molar-refractivity contribution in [3.8, 4) is 17.2 Å². The summed E-state index contributed by atoms with van der Waals surface area (Å²) in [7, 11) is 1.56. The number of aliphatic hydroxyl groups is 1. The van der Waals surface area contributed by atoms with E-state index in [0.29, 0.717) is 35.3 Å². The molecule has 1 aliphatic rings. The van der Waals surface area contributed by atoms with E-state index in [4.69, 9.17) is 25.8 Å². The third-order valence-corrected chi connectivity index (χ3v) is 5.06. The Morgan fingerprint density at radius 3 is 2.57 bits per heavy atom. The highest BCUT2D eigenvalue weighted by molar-refractivity contribution is 6.30. The smallest absolute Gasteiger partial charge is 0.221 e. The van der Waals surface area contributed by atoms with Crippen molar-refractivity contribution in [3.05, 3.63) is 47.5 Å².